The van der Waals surface area contributed by atoms with E-state index in [1.807, 2.05) is 23.6 Å². The van der Waals surface area contributed by atoms with Crippen LogP contribution >= 0.6 is 23.1 Å². The van der Waals surface area contributed by atoms with Crippen LogP contribution < -0.4 is 14.8 Å². The van der Waals surface area contributed by atoms with Crippen molar-refractivity contribution in [2.24, 2.45) is 0 Å². The highest BCUT2D eigenvalue weighted by molar-refractivity contribution is 7.97. The Morgan fingerprint density at radius 3 is 2.48 bits per heavy atom. The smallest absolute Gasteiger partial charge is 0.260 e. The molecule has 1 heterocycles. The van der Waals surface area contributed by atoms with Crippen LogP contribution in [-0.4, -0.2) is 25.1 Å². The summed E-state index contributed by atoms with van der Waals surface area (Å²) in [5, 5.41) is 4.73. The van der Waals surface area contributed by atoms with Gasteiger partial charge in [-0.1, -0.05) is 0 Å². The quantitative estimate of drug-likeness (QED) is 0.531. The predicted octanol–water partition coefficient (Wildman–Crippen LogP) is 5.12. The predicted molar refractivity (Wildman–Crippen MR) is 111 cm³/mol. The first kappa shape index (κ1) is 21.1. The molecule has 2 aromatic carbocycles. The van der Waals surface area contributed by atoms with Crippen LogP contribution in [0.25, 0.3) is 0 Å². The third-order valence-corrected chi connectivity index (χ3v) is 5.72. The van der Waals surface area contributed by atoms with E-state index in [-0.39, 0.29) is 5.56 Å². The molecule has 5 nitrogen and oxygen atoms in total. The molecule has 1 aromatic heterocycles. The van der Waals surface area contributed by atoms with Gasteiger partial charge in [-0.15, -0.1) is 11.3 Å². The standard InChI is InChI=1S/C20H18F2N2O3S2/c1-26-15-5-12(6-16(8-15)27-2)9-28-10-14-11-29-20(23-14)24-19(25)17-4-3-13(21)7-18(17)22/h3-8,11H,9-10H2,1-2H3,(H,23,24,25). The zero-order chi connectivity index (χ0) is 20.8. The molecule has 9 heteroatoms. The molecule has 152 valence electrons. The number of hydrogen-bond donors (Lipinski definition) is 1. The number of carbonyl (C=O) groups excluding carboxylic acids is 1. The van der Waals surface area contributed by atoms with Gasteiger partial charge in [0.15, 0.2) is 5.13 Å². The first-order valence-corrected chi connectivity index (χ1v) is 10.5. The molecule has 0 aliphatic carbocycles. The second kappa shape index (κ2) is 9.71. The Bertz CT molecular complexity index is 989. The maximum Gasteiger partial charge on any atom is 0.260 e. The minimum atomic E-state index is -0.913. The summed E-state index contributed by atoms with van der Waals surface area (Å²) in [4.78, 5) is 16.5. The zero-order valence-electron chi connectivity index (χ0n) is 15.7. The minimum absolute atomic E-state index is 0.232. The summed E-state index contributed by atoms with van der Waals surface area (Å²) in [6, 6.07) is 8.51. The number of nitrogens with one attached hydrogen (secondary N) is 1. The summed E-state index contributed by atoms with van der Waals surface area (Å²) >= 11 is 2.90. The van der Waals surface area contributed by atoms with Gasteiger partial charge in [-0.05, 0) is 29.8 Å². The normalized spacial score (nSPS) is 10.6. The second-order valence-electron chi connectivity index (χ2n) is 5.94. The fourth-order valence-electron chi connectivity index (χ4n) is 2.49. The maximum atomic E-state index is 13.7. The summed E-state index contributed by atoms with van der Waals surface area (Å²) < 4.78 is 37.2. The van der Waals surface area contributed by atoms with Gasteiger partial charge in [0.05, 0.1) is 25.5 Å². The van der Waals surface area contributed by atoms with Crippen LogP contribution in [0.5, 0.6) is 11.5 Å². The Labute approximate surface area is 175 Å². The van der Waals surface area contributed by atoms with Crippen LogP contribution in [0, 0.1) is 11.6 Å². The van der Waals surface area contributed by atoms with E-state index in [1.54, 1.807) is 26.0 Å². The molecule has 0 radical (unpaired) electrons. The Hall–Kier alpha value is -2.65. The summed E-state index contributed by atoms with van der Waals surface area (Å²) in [6.07, 6.45) is 0. The van der Waals surface area contributed by atoms with Gasteiger partial charge in [-0.3, -0.25) is 10.1 Å². The number of nitrogens with zero attached hydrogens (tertiary/aromatic N) is 1. The van der Waals surface area contributed by atoms with Crippen molar-refractivity contribution in [2.45, 2.75) is 11.5 Å². The van der Waals surface area contributed by atoms with Crippen molar-refractivity contribution >= 4 is 34.1 Å². The lowest BCUT2D eigenvalue weighted by molar-refractivity contribution is 0.102. The van der Waals surface area contributed by atoms with Gasteiger partial charge in [0.1, 0.15) is 23.1 Å². The second-order valence-corrected chi connectivity index (χ2v) is 7.78. The SMILES string of the molecule is COc1cc(CSCc2csc(NC(=O)c3ccc(F)cc3F)n2)cc(OC)c1. The summed E-state index contributed by atoms with van der Waals surface area (Å²) in [7, 11) is 3.21. The van der Waals surface area contributed by atoms with Crippen LogP contribution in [0.2, 0.25) is 0 Å². The number of amides is 1. The Morgan fingerprint density at radius 1 is 1.10 bits per heavy atom. The third kappa shape index (κ3) is 5.68. The number of thiazole rings is 1. The van der Waals surface area contributed by atoms with Crippen molar-refractivity contribution in [3.05, 3.63) is 70.2 Å². The van der Waals surface area contributed by atoms with Gasteiger partial charge in [0, 0.05) is 29.0 Å². The van der Waals surface area contributed by atoms with Crippen molar-refractivity contribution < 1.29 is 23.0 Å². The average molecular weight is 437 g/mol. The van der Waals surface area contributed by atoms with Crippen molar-refractivity contribution in [1.82, 2.24) is 4.98 Å². The molecule has 1 amide bonds. The van der Waals surface area contributed by atoms with Crippen LogP contribution in [0.3, 0.4) is 0 Å². The summed E-state index contributed by atoms with van der Waals surface area (Å²) in [6.45, 7) is 0. The van der Waals surface area contributed by atoms with Gasteiger partial charge in [0.25, 0.3) is 5.91 Å². The first-order valence-electron chi connectivity index (χ1n) is 8.49. The van der Waals surface area contributed by atoms with Gasteiger partial charge >= 0.3 is 0 Å². The summed E-state index contributed by atoms with van der Waals surface area (Å²) in [5.41, 5.74) is 1.62. The Balaban J connectivity index is 1.56. The van der Waals surface area contributed by atoms with Crippen LogP contribution in [0.4, 0.5) is 13.9 Å². The largest absolute Gasteiger partial charge is 0.497 e. The number of methoxy groups -OCH3 is 2. The maximum absolute atomic E-state index is 13.7. The fourth-order valence-corrected chi connectivity index (χ4v) is 4.16. The third-order valence-electron chi connectivity index (χ3n) is 3.88. The first-order chi connectivity index (χ1) is 14.0. The molecule has 0 unspecified atom stereocenters. The Morgan fingerprint density at radius 2 is 1.83 bits per heavy atom. The highest BCUT2D eigenvalue weighted by atomic mass is 32.2. The van der Waals surface area contributed by atoms with Gasteiger partial charge < -0.3 is 9.47 Å². The fraction of sp³-hybridized carbons (Fsp3) is 0.200. The van der Waals surface area contributed by atoms with Crippen LogP contribution in [-0.2, 0) is 11.5 Å². The van der Waals surface area contributed by atoms with E-state index in [4.69, 9.17) is 9.47 Å². The van der Waals surface area contributed by atoms with Crippen LogP contribution in [0.15, 0.2) is 41.8 Å². The molecule has 3 rings (SSSR count). The lowest BCUT2D eigenvalue weighted by Crippen LogP contribution is -2.13. The molecular formula is C20H18F2N2O3S2. The van der Waals surface area contributed by atoms with E-state index < -0.39 is 17.5 Å². The molecule has 1 N–H and O–H groups in total. The van der Waals surface area contributed by atoms with Gasteiger partial charge in [-0.25, -0.2) is 13.8 Å². The number of thioether (sulfide) groups is 1. The van der Waals surface area contributed by atoms with E-state index in [9.17, 15) is 13.6 Å². The molecule has 3 aromatic rings. The minimum Gasteiger partial charge on any atom is -0.497 e. The van der Waals surface area contributed by atoms with Gasteiger partial charge in [0.2, 0.25) is 0 Å². The number of ether oxygens (including phenoxy) is 2. The lowest BCUT2D eigenvalue weighted by atomic mass is 10.2. The molecular weight excluding hydrogens is 418 g/mol. The molecule has 0 atom stereocenters. The molecule has 0 spiro atoms. The van der Waals surface area contributed by atoms with Crippen molar-refractivity contribution in [3.8, 4) is 11.5 Å². The number of carbonyl (C=O) groups is 1. The lowest BCUT2D eigenvalue weighted by Gasteiger charge is -2.08. The van der Waals surface area contributed by atoms with Crippen molar-refractivity contribution in [1.29, 1.82) is 0 Å². The van der Waals surface area contributed by atoms with Crippen molar-refractivity contribution in [2.75, 3.05) is 19.5 Å². The molecule has 29 heavy (non-hydrogen) atoms. The van der Waals surface area contributed by atoms with Crippen molar-refractivity contribution in [3.63, 3.8) is 0 Å². The van der Waals surface area contributed by atoms with E-state index in [2.05, 4.69) is 10.3 Å². The summed E-state index contributed by atoms with van der Waals surface area (Å²) in [5.74, 6) is 0.507. The molecule has 0 aliphatic rings. The number of anilines is 1. The Kier molecular flexibility index (Phi) is 7.05. The van der Waals surface area contributed by atoms with Gasteiger partial charge in [-0.2, -0.15) is 11.8 Å². The molecule has 0 saturated carbocycles. The topological polar surface area (TPSA) is 60.5 Å². The molecule has 0 bridgehead atoms. The van der Waals surface area contributed by atoms with E-state index >= 15 is 0 Å². The van der Waals surface area contributed by atoms with E-state index in [1.165, 1.54) is 11.3 Å². The van der Waals surface area contributed by atoms with E-state index in [0.29, 0.717) is 17.0 Å². The molecule has 0 aliphatic heterocycles. The number of aromatic nitrogens is 1. The number of halogens is 2. The van der Waals surface area contributed by atoms with Crippen LogP contribution in [0.1, 0.15) is 21.6 Å². The average Bonchev–Trinajstić information content (AvgIpc) is 3.14. The molecule has 0 saturated heterocycles. The highest BCUT2D eigenvalue weighted by Crippen LogP contribution is 2.27. The number of rotatable bonds is 8. The zero-order valence-corrected chi connectivity index (χ0v) is 17.3. The highest BCUT2D eigenvalue weighted by Gasteiger charge is 2.14. The number of hydrogen-bond acceptors (Lipinski definition) is 6. The monoisotopic (exact) mass is 436 g/mol. The van der Waals surface area contributed by atoms with E-state index in [0.717, 1.165) is 40.6 Å². The molecule has 0 fully saturated rings. The number of benzene rings is 2.